The molecule has 0 atom stereocenters. The molecule has 0 radical (unpaired) electrons. The Morgan fingerprint density at radius 2 is 1.75 bits per heavy atom. The fourth-order valence-corrected chi connectivity index (χ4v) is 4.48. The summed E-state index contributed by atoms with van der Waals surface area (Å²) in [6.07, 6.45) is 4.96. The topological polar surface area (TPSA) is 116 Å². The van der Waals surface area contributed by atoms with Crippen molar-refractivity contribution in [1.82, 2.24) is 39.3 Å². The Hall–Kier alpha value is -4.34. The van der Waals surface area contributed by atoms with Crippen molar-refractivity contribution in [1.29, 1.82) is 0 Å². The van der Waals surface area contributed by atoms with Gasteiger partial charge in [0, 0.05) is 25.1 Å². The number of fused-ring (bicyclic) bond motifs is 1. The summed E-state index contributed by atoms with van der Waals surface area (Å²) in [4.78, 5) is 33.2. The van der Waals surface area contributed by atoms with Crippen LogP contribution in [0.1, 0.15) is 44.5 Å². The number of unbranched alkanes of at least 4 members (excludes halogenated alkanes) is 1. The highest BCUT2D eigenvalue weighted by Gasteiger charge is 2.18. The van der Waals surface area contributed by atoms with Gasteiger partial charge in [-0.1, -0.05) is 62.7 Å². The maximum absolute atomic E-state index is 13.3. The number of nitrogens with zero attached hydrogens (tertiary/aromatic N) is 7. The standard InChI is InChI=1S/C26H28N8O2/c1-3-5-10-22-28-24-23(25(35)32(15-4-2)26(36)29-24)33(22)16-18-11-13-19(14-12-18)20-8-6-7-9-21(20)34-17-27-30-31-34/h6-9,11-14,17H,3-5,10,15-16H2,1-2H3,(H,29,36). The maximum atomic E-state index is 13.3. The van der Waals surface area contributed by atoms with Gasteiger partial charge in [-0.25, -0.2) is 9.78 Å². The van der Waals surface area contributed by atoms with E-state index in [0.717, 1.165) is 47.5 Å². The molecule has 1 N–H and O–H groups in total. The Kier molecular flexibility index (Phi) is 6.57. The summed E-state index contributed by atoms with van der Waals surface area (Å²) in [6.45, 7) is 4.92. The highest BCUT2D eigenvalue weighted by Crippen LogP contribution is 2.27. The number of para-hydroxylation sites is 1. The molecular weight excluding hydrogens is 456 g/mol. The third-order valence-electron chi connectivity index (χ3n) is 6.27. The summed E-state index contributed by atoms with van der Waals surface area (Å²) in [7, 11) is 0. The Balaban J connectivity index is 1.54. The summed E-state index contributed by atoms with van der Waals surface area (Å²) < 4.78 is 4.87. The van der Waals surface area contributed by atoms with E-state index >= 15 is 0 Å². The molecule has 0 saturated heterocycles. The fourth-order valence-electron chi connectivity index (χ4n) is 4.48. The van der Waals surface area contributed by atoms with Gasteiger partial charge in [-0.2, -0.15) is 4.68 Å². The Morgan fingerprint density at radius 3 is 2.47 bits per heavy atom. The molecule has 3 heterocycles. The van der Waals surface area contributed by atoms with E-state index in [0.29, 0.717) is 30.7 Å². The van der Waals surface area contributed by atoms with Crippen LogP contribution in [0.3, 0.4) is 0 Å². The monoisotopic (exact) mass is 484 g/mol. The minimum Gasteiger partial charge on any atom is -0.318 e. The molecule has 3 aromatic heterocycles. The Morgan fingerprint density at radius 1 is 0.944 bits per heavy atom. The van der Waals surface area contributed by atoms with E-state index in [9.17, 15) is 9.59 Å². The highest BCUT2D eigenvalue weighted by molar-refractivity contribution is 5.73. The predicted molar refractivity (Wildman–Crippen MR) is 137 cm³/mol. The van der Waals surface area contributed by atoms with Gasteiger partial charge in [-0.3, -0.25) is 14.3 Å². The number of aryl methyl sites for hydroxylation is 1. The van der Waals surface area contributed by atoms with Crippen molar-refractivity contribution in [2.24, 2.45) is 0 Å². The number of aromatic amines is 1. The third-order valence-corrected chi connectivity index (χ3v) is 6.27. The smallest absolute Gasteiger partial charge is 0.318 e. The van der Waals surface area contributed by atoms with Crippen molar-refractivity contribution in [2.45, 2.75) is 52.6 Å². The maximum Gasteiger partial charge on any atom is 0.330 e. The minimum absolute atomic E-state index is 0.294. The van der Waals surface area contributed by atoms with Gasteiger partial charge in [0.2, 0.25) is 0 Å². The molecule has 10 nitrogen and oxygen atoms in total. The number of tetrazole rings is 1. The van der Waals surface area contributed by atoms with Gasteiger partial charge in [-0.15, -0.1) is 5.10 Å². The number of hydrogen-bond donors (Lipinski definition) is 1. The molecule has 0 fully saturated rings. The molecule has 0 aliphatic heterocycles. The van der Waals surface area contributed by atoms with Crippen molar-refractivity contribution in [3.63, 3.8) is 0 Å². The normalized spacial score (nSPS) is 11.4. The lowest BCUT2D eigenvalue weighted by molar-refractivity contribution is 0.618. The van der Waals surface area contributed by atoms with Gasteiger partial charge >= 0.3 is 5.69 Å². The first kappa shape index (κ1) is 23.4. The molecule has 5 aromatic rings. The van der Waals surface area contributed by atoms with E-state index in [1.165, 1.54) is 4.57 Å². The first-order valence-corrected chi connectivity index (χ1v) is 12.2. The lowest BCUT2D eigenvalue weighted by atomic mass is 10.0. The molecular formula is C26H28N8O2. The minimum atomic E-state index is -0.411. The Labute approximate surface area is 207 Å². The van der Waals surface area contributed by atoms with Gasteiger partial charge in [0.1, 0.15) is 12.2 Å². The molecule has 10 heteroatoms. The van der Waals surface area contributed by atoms with Gasteiger partial charge in [-0.05, 0) is 40.5 Å². The number of H-pyrrole nitrogens is 1. The Bertz CT molecular complexity index is 1590. The zero-order valence-electron chi connectivity index (χ0n) is 20.4. The van der Waals surface area contributed by atoms with Crippen LogP contribution in [0.4, 0.5) is 0 Å². The van der Waals surface area contributed by atoms with Crippen molar-refractivity contribution in [3.05, 3.63) is 87.1 Å². The van der Waals surface area contributed by atoms with Crippen molar-refractivity contribution in [3.8, 4) is 16.8 Å². The summed E-state index contributed by atoms with van der Waals surface area (Å²) in [5.41, 5.74) is 4.05. The zero-order valence-corrected chi connectivity index (χ0v) is 20.4. The third kappa shape index (κ3) is 4.37. The SMILES string of the molecule is CCCCc1nc2[nH]c(=O)n(CCC)c(=O)c2n1Cc1ccc(-c2ccccc2-n2cnnn2)cc1. The molecule has 0 aliphatic carbocycles. The lowest BCUT2D eigenvalue weighted by Gasteiger charge is -2.12. The van der Waals surface area contributed by atoms with Gasteiger partial charge in [0.15, 0.2) is 11.2 Å². The van der Waals surface area contributed by atoms with E-state index in [-0.39, 0.29) is 5.56 Å². The molecule has 184 valence electrons. The quantitative estimate of drug-likeness (QED) is 0.343. The summed E-state index contributed by atoms with van der Waals surface area (Å²) in [5, 5.41) is 11.5. The van der Waals surface area contributed by atoms with Crippen molar-refractivity contribution >= 4 is 11.2 Å². The average molecular weight is 485 g/mol. The van der Waals surface area contributed by atoms with E-state index in [4.69, 9.17) is 0 Å². The van der Waals surface area contributed by atoms with Crippen molar-refractivity contribution in [2.75, 3.05) is 0 Å². The molecule has 0 bridgehead atoms. The number of hydrogen-bond acceptors (Lipinski definition) is 6. The highest BCUT2D eigenvalue weighted by atomic mass is 16.2. The molecule has 0 amide bonds. The number of nitrogens with one attached hydrogen (secondary N) is 1. The number of rotatable bonds is 9. The van der Waals surface area contributed by atoms with Crippen LogP contribution >= 0.6 is 0 Å². The first-order chi connectivity index (χ1) is 17.6. The van der Waals surface area contributed by atoms with Crippen LogP contribution in [0.25, 0.3) is 28.0 Å². The second-order valence-corrected chi connectivity index (χ2v) is 8.77. The molecule has 36 heavy (non-hydrogen) atoms. The van der Waals surface area contributed by atoms with Crippen LogP contribution in [0, 0.1) is 0 Å². The first-order valence-electron chi connectivity index (χ1n) is 12.2. The molecule has 0 unspecified atom stereocenters. The summed E-state index contributed by atoms with van der Waals surface area (Å²) in [6, 6.07) is 16.2. The largest absolute Gasteiger partial charge is 0.330 e. The number of benzene rings is 2. The second-order valence-electron chi connectivity index (χ2n) is 8.77. The number of imidazole rings is 1. The van der Waals surface area contributed by atoms with Crippen molar-refractivity contribution < 1.29 is 0 Å². The molecule has 0 aliphatic rings. The van der Waals surface area contributed by atoms with E-state index in [1.807, 2.05) is 35.8 Å². The molecule has 0 spiro atoms. The van der Waals surface area contributed by atoms with Crippen LogP contribution < -0.4 is 11.2 Å². The average Bonchev–Trinajstić information content (AvgIpc) is 3.54. The molecule has 5 rings (SSSR count). The van der Waals surface area contributed by atoms with Crippen LogP contribution in [0.2, 0.25) is 0 Å². The summed E-state index contributed by atoms with van der Waals surface area (Å²) in [5.74, 6) is 0.807. The predicted octanol–water partition coefficient (Wildman–Crippen LogP) is 3.33. The second kappa shape index (κ2) is 10.1. The molecule has 2 aromatic carbocycles. The fraction of sp³-hybridized carbons (Fsp3) is 0.308. The lowest BCUT2D eigenvalue weighted by Crippen LogP contribution is -2.35. The van der Waals surface area contributed by atoms with Gasteiger partial charge < -0.3 is 4.57 Å². The van der Waals surface area contributed by atoms with E-state index in [1.54, 1.807) is 11.0 Å². The van der Waals surface area contributed by atoms with E-state index < -0.39 is 5.69 Å². The zero-order chi connectivity index (χ0) is 25.1. The van der Waals surface area contributed by atoms with Crippen LogP contribution in [0.15, 0.2) is 64.4 Å². The van der Waals surface area contributed by atoms with Gasteiger partial charge in [0.25, 0.3) is 5.56 Å². The van der Waals surface area contributed by atoms with Crippen LogP contribution in [0.5, 0.6) is 0 Å². The van der Waals surface area contributed by atoms with Crippen LogP contribution in [-0.4, -0.2) is 39.3 Å². The van der Waals surface area contributed by atoms with E-state index in [2.05, 4.69) is 56.7 Å². The number of aromatic nitrogens is 8. The molecule has 0 saturated carbocycles. The summed E-state index contributed by atoms with van der Waals surface area (Å²) >= 11 is 0. The van der Waals surface area contributed by atoms with Gasteiger partial charge in [0.05, 0.1) is 5.69 Å². The van der Waals surface area contributed by atoms with Crippen LogP contribution in [-0.2, 0) is 19.5 Å².